The fourth-order valence-electron chi connectivity index (χ4n) is 6.68. The number of quaternary nitrogens is 1. The summed E-state index contributed by atoms with van der Waals surface area (Å²) in [7, 11) is 0. The van der Waals surface area contributed by atoms with E-state index in [1.807, 2.05) is 0 Å². The molecule has 6 rings (SSSR count). The van der Waals surface area contributed by atoms with Gasteiger partial charge in [0.2, 0.25) is 0 Å². The molecule has 0 aliphatic heterocycles. The van der Waals surface area contributed by atoms with Gasteiger partial charge in [-0.05, 0) is 91.9 Å². The highest BCUT2D eigenvalue weighted by atomic mass is 14.7. The van der Waals surface area contributed by atoms with Crippen LogP contribution in [0.4, 0.5) is 0 Å². The summed E-state index contributed by atoms with van der Waals surface area (Å²) < 4.78 is 0. The Morgan fingerprint density at radius 2 is 1.74 bits per heavy atom. The summed E-state index contributed by atoms with van der Waals surface area (Å²) >= 11 is 0. The molecule has 1 heterocycles. The lowest BCUT2D eigenvalue weighted by Crippen LogP contribution is -2.51. The molecule has 4 bridgehead atoms. The summed E-state index contributed by atoms with van der Waals surface area (Å²) in [5, 5.41) is 1.47. The Kier molecular flexibility index (Phi) is 2.98. The summed E-state index contributed by atoms with van der Waals surface area (Å²) in [6.07, 6.45) is 10.0. The van der Waals surface area contributed by atoms with Crippen LogP contribution in [0.25, 0.3) is 10.9 Å². The molecule has 1 aromatic carbocycles. The van der Waals surface area contributed by atoms with Crippen LogP contribution >= 0.6 is 0 Å². The SMILES string of the molecule is Cc1[nH]c2ccc(C34CC5CC(CC(C5)C3)C4)cc2c1CC[NH3+]. The first kappa shape index (κ1) is 14.1. The third-order valence-electron chi connectivity index (χ3n) is 7.20. The van der Waals surface area contributed by atoms with Crippen molar-refractivity contribution < 1.29 is 5.73 Å². The first-order valence-electron chi connectivity index (χ1n) is 9.58. The maximum absolute atomic E-state index is 4.07. The van der Waals surface area contributed by atoms with E-state index in [0.717, 1.165) is 30.7 Å². The molecule has 0 unspecified atom stereocenters. The zero-order valence-corrected chi connectivity index (χ0v) is 14.3. The number of benzene rings is 1. The standard InChI is InChI=1S/C21H28N2/c1-13-18(4-5-22)19-9-17(2-3-20(19)23-13)21-10-14-6-15(11-21)8-16(7-14)12-21/h2-3,9,14-16,23H,4-8,10-12,22H2,1H3/p+1. The van der Waals surface area contributed by atoms with Crippen molar-refractivity contribution in [3.05, 3.63) is 35.0 Å². The van der Waals surface area contributed by atoms with E-state index in [1.54, 1.807) is 5.56 Å². The number of H-pyrrole nitrogens is 1. The Balaban J connectivity index is 1.61. The zero-order chi connectivity index (χ0) is 15.6. The number of aromatic amines is 1. The average molecular weight is 309 g/mol. The molecule has 4 aliphatic carbocycles. The molecule has 0 saturated heterocycles. The molecule has 122 valence electrons. The van der Waals surface area contributed by atoms with E-state index < -0.39 is 0 Å². The monoisotopic (exact) mass is 309 g/mol. The highest BCUT2D eigenvalue weighted by Gasteiger charge is 2.51. The number of fused-ring (bicyclic) bond motifs is 1. The summed E-state index contributed by atoms with van der Waals surface area (Å²) in [5.74, 6) is 3.05. The molecule has 4 N–H and O–H groups in total. The molecular weight excluding hydrogens is 280 g/mol. The van der Waals surface area contributed by atoms with E-state index in [9.17, 15) is 0 Å². The summed E-state index contributed by atoms with van der Waals surface area (Å²) in [6, 6.07) is 7.35. The molecular formula is C21H29N2+. The zero-order valence-electron chi connectivity index (χ0n) is 14.3. The third kappa shape index (κ3) is 2.04. The molecule has 0 spiro atoms. The van der Waals surface area contributed by atoms with Crippen LogP contribution in [0.3, 0.4) is 0 Å². The van der Waals surface area contributed by atoms with Gasteiger partial charge < -0.3 is 10.7 Å². The van der Waals surface area contributed by atoms with E-state index >= 15 is 0 Å². The largest absolute Gasteiger partial charge is 0.358 e. The van der Waals surface area contributed by atoms with E-state index in [2.05, 4.69) is 35.8 Å². The van der Waals surface area contributed by atoms with Gasteiger partial charge in [0, 0.05) is 23.0 Å². The number of aryl methyl sites for hydroxylation is 1. The minimum atomic E-state index is 0.510. The van der Waals surface area contributed by atoms with Gasteiger partial charge in [-0.2, -0.15) is 0 Å². The topological polar surface area (TPSA) is 43.4 Å². The van der Waals surface area contributed by atoms with Crippen molar-refractivity contribution in [2.24, 2.45) is 17.8 Å². The maximum atomic E-state index is 4.07. The molecule has 2 heteroatoms. The van der Waals surface area contributed by atoms with Gasteiger partial charge in [-0.1, -0.05) is 6.07 Å². The summed E-state index contributed by atoms with van der Waals surface area (Å²) in [6.45, 7) is 3.20. The second-order valence-electron chi connectivity index (χ2n) is 8.79. The van der Waals surface area contributed by atoms with Crippen molar-refractivity contribution in [1.29, 1.82) is 0 Å². The van der Waals surface area contributed by atoms with Crippen LogP contribution in [0, 0.1) is 24.7 Å². The van der Waals surface area contributed by atoms with Crippen molar-refractivity contribution in [3.8, 4) is 0 Å². The first-order valence-corrected chi connectivity index (χ1v) is 9.58. The Labute approximate surface area is 138 Å². The molecule has 0 amide bonds. The first-order chi connectivity index (χ1) is 11.2. The van der Waals surface area contributed by atoms with Crippen molar-refractivity contribution in [2.45, 2.75) is 57.3 Å². The van der Waals surface area contributed by atoms with E-state index in [4.69, 9.17) is 0 Å². The molecule has 1 aromatic heterocycles. The van der Waals surface area contributed by atoms with E-state index in [-0.39, 0.29) is 0 Å². The predicted molar refractivity (Wildman–Crippen MR) is 94.3 cm³/mol. The highest BCUT2D eigenvalue weighted by molar-refractivity contribution is 5.85. The third-order valence-corrected chi connectivity index (χ3v) is 7.20. The fourth-order valence-corrected chi connectivity index (χ4v) is 6.68. The van der Waals surface area contributed by atoms with Crippen molar-refractivity contribution in [3.63, 3.8) is 0 Å². The summed E-state index contributed by atoms with van der Waals surface area (Å²) in [4.78, 5) is 3.59. The molecule has 23 heavy (non-hydrogen) atoms. The molecule has 2 aromatic rings. The van der Waals surface area contributed by atoms with Gasteiger partial charge in [0.05, 0.1) is 6.54 Å². The second kappa shape index (κ2) is 4.86. The van der Waals surface area contributed by atoms with Gasteiger partial charge in [-0.25, -0.2) is 0 Å². The summed E-state index contributed by atoms with van der Waals surface area (Å²) in [5.41, 5.74) is 10.4. The fraction of sp³-hybridized carbons (Fsp3) is 0.619. The van der Waals surface area contributed by atoms with Crippen LogP contribution in [0.2, 0.25) is 0 Å². The molecule has 0 radical (unpaired) electrons. The van der Waals surface area contributed by atoms with E-state index in [0.29, 0.717) is 5.41 Å². The minimum Gasteiger partial charge on any atom is -0.358 e. The Morgan fingerprint density at radius 3 is 2.35 bits per heavy atom. The van der Waals surface area contributed by atoms with Gasteiger partial charge in [-0.3, -0.25) is 0 Å². The van der Waals surface area contributed by atoms with Crippen LogP contribution in [-0.2, 0) is 11.8 Å². The van der Waals surface area contributed by atoms with Crippen LogP contribution < -0.4 is 5.73 Å². The lowest BCUT2D eigenvalue weighted by Gasteiger charge is -2.57. The smallest absolute Gasteiger partial charge is 0.0781 e. The van der Waals surface area contributed by atoms with Gasteiger partial charge in [-0.15, -0.1) is 0 Å². The number of hydrogen-bond donors (Lipinski definition) is 2. The van der Waals surface area contributed by atoms with Crippen molar-refractivity contribution >= 4 is 10.9 Å². The average Bonchev–Trinajstić information content (AvgIpc) is 2.82. The van der Waals surface area contributed by atoms with Crippen molar-refractivity contribution in [2.75, 3.05) is 6.54 Å². The lowest BCUT2D eigenvalue weighted by atomic mass is 9.48. The lowest BCUT2D eigenvalue weighted by molar-refractivity contribution is -0.366. The van der Waals surface area contributed by atoms with Crippen LogP contribution in [0.1, 0.15) is 55.3 Å². The molecule has 2 nitrogen and oxygen atoms in total. The van der Waals surface area contributed by atoms with Crippen LogP contribution in [0.15, 0.2) is 18.2 Å². The molecule has 4 fully saturated rings. The molecule has 0 atom stereocenters. The van der Waals surface area contributed by atoms with Crippen LogP contribution in [0.5, 0.6) is 0 Å². The van der Waals surface area contributed by atoms with Gasteiger partial charge in [0.15, 0.2) is 0 Å². The number of nitrogens with one attached hydrogen (secondary N) is 1. The number of aromatic nitrogens is 1. The Bertz CT molecular complexity index is 719. The maximum Gasteiger partial charge on any atom is 0.0781 e. The highest BCUT2D eigenvalue weighted by Crippen LogP contribution is 2.60. The van der Waals surface area contributed by atoms with Gasteiger partial charge in [0.1, 0.15) is 0 Å². The number of hydrogen-bond acceptors (Lipinski definition) is 0. The second-order valence-corrected chi connectivity index (χ2v) is 8.79. The Hall–Kier alpha value is -1.28. The minimum absolute atomic E-state index is 0.510. The number of rotatable bonds is 3. The quantitative estimate of drug-likeness (QED) is 0.868. The normalized spacial score (nSPS) is 35.3. The predicted octanol–water partition coefficient (Wildman–Crippen LogP) is 3.73. The van der Waals surface area contributed by atoms with Gasteiger partial charge in [0.25, 0.3) is 0 Å². The van der Waals surface area contributed by atoms with E-state index in [1.165, 1.54) is 60.7 Å². The van der Waals surface area contributed by atoms with Crippen molar-refractivity contribution in [1.82, 2.24) is 4.98 Å². The van der Waals surface area contributed by atoms with Gasteiger partial charge >= 0.3 is 0 Å². The molecule has 4 saturated carbocycles. The Morgan fingerprint density at radius 1 is 1.09 bits per heavy atom. The molecule has 4 aliphatic rings. The van der Waals surface area contributed by atoms with Crippen LogP contribution in [-0.4, -0.2) is 11.5 Å².